The van der Waals surface area contributed by atoms with Gasteiger partial charge in [-0.2, -0.15) is 4.98 Å². The number of carbonyl (C=O) groups is 1. The van der Waals surface area contributed by atoms with Crippen molar-refractivity contribution in [2.24, 2.45) is 0 Å². The molecule has 3 heterocycles. The molecule has 140 valence electrons. The fourth-order valence-corrected chi connectivity index (χ4v) is 3.75. The van der Waals surface area contributed by atoms with Crippen LogP contribution in [0.5, 0.6) is 5.75 Å². The zero-order valence-corrected chi connectivity index (χ0v) is 16.1. The minimum Gasteiger partial charge on any atom is -0.495 e. The Morgan fingerprint density at radius 2 is 2.30 bits per heavy atom. The van der Waals surface area contributed by atoms with Crippen LogP contribution in [0, 0.1) is 0 Å². The number of likely N-dealkylation sites (tertiary alicyclic amines) is 1. The standard InChI is InChI=1S/C18H17ClN4O3S/c1-25-14-5-4-12(19)7-13(14)20-16(24)10-23-8-11(9-23)18-21-17(22-26-18)15-3-2-6-27-15/h2-7,11H,8-10H2,1H3,(H,20,24). The molecule has 1 N–H and O–H groups in total. The third-order valence-electron chi connectivity index (χ3n) is 4.29. The molecule has 0 unspecified atom stereocenters. The van der Waals surface area contributed by atoms with Gasteiger partial charge in [0.05, 0.1) is 30.1 Å². The number of nitrogens with zero attached hydrogens (tertiary/aromatic N) is 3. The molecule has 1 saturated heterocycles. The molecule has 0 bridgehead atoms. The Balaban J connectivity index is 1.30. The van der Waals surface area contributed by atoms with Crippen molar-refractivity contribution in [2.45, 2.75) is 5.92 Å². The molecule has 0 aliphatic carbocycles. The van der Waals surface area contributed by atoms with Crippen LogP contribution < -0.4 is 10.1 Å². The molecule has 1 aromatic carbocycles. The van der Waals surface area contributed by atoms with Crippen LogP contribution in [0.1, 0.15) is 11.8 Å². The highest BCUT2D eigenvalue weighted by Gasteiger charge is 2.33. The lowest BCUT2D eigenvalue weighted by Crippen LogP contribution is -2.48. The molecule has 9 heteroatoms. The lowest BCUT2D eigenvalue weighted by atomic mass is 10.0. The van der Waals surface area contributed by atoms with E-state index in [9.17, 15) is 4.79 Å². The monoisotopic (exact) mass is 404 g/mol. The van der Waals surface area contributed by atoms with Crippen molar-refractivity contribution in [2.75, 3.05) is 32.1 Å². The fourth-order valence-electron chi connectivity index (χ4n) is 2.93. The van der Waals surface area contributed by atoms with Crippen molar-refractivity contribution in [3.8, 4) is 16.5 Å². The number of methoxy groups -OCH3 is 1. The smallest absolute Gasteiger partial charge is 0.238 e. The molecule has 0 saturated carbocycles. The van der Waals surface area contributed by atoms with Crippen LogP contribution in [0.3, 0.4) is 0 Å². The lowest BCUT2D eigenvalue weighted by molar-refractivity contribution is -0.118. The Morgan fingerprint density at radius 3 is 3.04 bits per heavy atom. The number of hydrogen-bond donors (Lipinski definition) is 1. The van der Waals surface area contributed by atoms with Gasteiger partial charge in [-0.3, -0.25) is 9.69 Å². The molecule has 0 spiro atoms. The van der Waals surface area contributed by atoms with Crippen LogP contribution in [0.4, 0.5) is 5.69 Å². The van der Waals surface area contributed by atoms with E-state index in [1.165, 1.54) is 0 Å². The van der Waals surface area contributed by atoms with Gasteiger partial charge in [0, 0.05) is 18.1 Å². The van der Waals surface area contributed by atoms with E-state index in [2.05, 4.69) is 15.5 Å². The molecule has 3 aromatic rings. The first-order valence-electron chi connectivity index (χ1n) is 8.35. The first-order chi connectivity index (χ1) is 13.1. The maximum absolute atomic E-state index is 12.3. The molecule has 0 radical (unpaired) electrons. The predicted molar refractivity (Wildman–Crippen MR) is 103 cm³/mol. The zero-order chi connectivity index (χ0) is 18.8. The summed E-state index contributed by atoms with van der Waals surface area (Å²) in [7, 11) is 1.55. The van der Waals surface area contributed by atoms with Crippen LogP contribution in [0.25, 0.3) is 10.7 Å². The molecule has 4 rings (SSSR count). The van der Waals surface area contributed by atoms with E-state index in [1.807, 2.05) is 22.4 Å². The maximum Gasteiger partial charge on any atom is 0.238 e. The second-order valence-corrected chi connectivity index (χ2v) is 7.60. The van der Waals surface area contributed by atoms with Crippen molar-refractivity contribution in [3.05, 3.63) is 46.6 Å². The highest BCUT2D eigenvalue weighted by Crippen LogP contribution is 2.30. The highest BCUT2D eigenvalue weighted by atomic mass is 35.5. The van der Waals surface area contributed by atoms with Gasteiger partial charge < -0.3 is 14.6 Å². The molecular formula is C18H17ClN4O3S. The average molecular weight is 405 g/mol. The summed E-state index contributed by atoms with van der Waals surface area (Å²) in [6.45, 7) is 1.68. The first-order valence-corrected chi connectivity index (χ1v) is 9.61. The molecule has 1 amide bonds. The Hall–Kier alpha value is -2.42. The summed E-state index contributed by atoms with van der Waals surface area (Å²) in [6.07, 6.45) is 0. The number of aromatic nitrogens is 2. The van der Waals surface area contributed by atoms with Gasteiger partial charge in [0.25, 0.3) is 0 Å². The van der Waals surface area contributed by atoms with E-state index in [0.717, 1.165) is 4.88 Å². The summed E-state index contributed by atoms with van der Waals surface area (Å²) in [5.41, 5.74) is 0.560. The number of carbonyl (C=O) groups excluding carboxylic acids is 1. The van der Waals surface area contributed by atoms with E-state index in [0.29, 0.717) is 41.3 Å². The molecule has 27 heavy (non-hydrogen) atoms. The zero-order valence-electron chi connectivity index (χ0n) is 14.5. The largest absolute Gasteiger partial charge is 0.495 e. The Bertz CT molecular complexity index is 938. The van der Waals surface area contributed by atoms with Crippen LogP contribution in [0.2, 0.25) is 5.02 Å². The number of rotatable bonds is 6. The van der Waals surface area contributed by atoms with E-state index in [4.69, 9.17) is 20.9 Å². The van der Waals surface area contributed by atoms with Crippen LogP contribution in [0.15, 0.2) is 40.2 Å². The summed E-state index contributed by atoms with van der Waals surface area (Å²) in [5.74, 6) is 1.83. The van der Waals surface area contributed by atoms with Gasteiger partial charge in [-0.25, -0.2) is 0 Å². The topological polar surface area (TPSA) is 80.5 Å². The van der Waals surface area contributed by atoms with Crippen molar-refractivity contribution in [1.82, 2.24) is 15.0 Å². The Kier molecular flexibility index (Phi) is 5.11. The minimum atomic E-state index is -0.126. The van der Waals surface area contributed by atoms with Gasteiger partial charge >= 0.3 is 0 Å². The van der Waals surface area contributed by atoms with Crippen LogP contribution in [-0.2, 0) is 4.79 Å². The van der Waals surface area contributed by atoms with E-state index >= 15 is 0 Å². The summed E-state index contributed by atoms with van der Waals surface area (Å²) in [6, 6.07) is 9.01. The highest BCUT2D eigenvalue weighted by molar-refractivity contribution is 7.13. The second kappa shape index (κ2) is 7.67. The summed E-state index contributed by atoms with van der Waals surface area (Å²) >= 11 is 7.56. The SMILES string of the molecule is COc1ccc(Cl)cc1NC(=O)CN1CC(c2nc(-c3cccs3)no2)C1. The molecule has 1 aliphatic rings. The quantitative estimate of drug-likeness (QED) is 0.677. The van der Waals surface area contributed by atoms with Crippen molar-refractivity contribution < 1.29 is 14.1 Å². The Morgan fingerprint density at radius 1 is 1.44 bits per heavy atom. The van der Waals surface area contributed by atoms with E-state index < -0.39 is 0 Å². The fraction of sp³-hybridized carbons (Fsp3) is 0.278. The molecule has 2 aromatic heterocycles. The molecule has 1 fully saturated rings. The Labute approximate surface area is 164 Å². The number of anilines is 1. The number of nitrogens with one attached hydrogen (secondary N) is 1. The third-order valence-corrected chi connectivity index (χ3v) is 5.39. The molecular weight excluding hydrogens is 388 g/mol. The summed E-state index contributed by atoms with van der Waals surface area (Å²) < 4.78 is 10.6. The molecule has 0 atom stereocenters. The number of ether oxygens (including phenoxy) is 1. The van der Waals surface area contributed by atoms with Gasteiger partial charge in [-0.1, -0.05) is 22.8 Å². The van der Waals surface area contributed by atoms with Gasteiger partial charge in [0.15, 0.2) is 0 Å². The number of halogens is 1. The predicted octanol–water partition coefficient (Wildman–Crippen LogP) is 3.50. The molecule has 7 nitrogen and oxygen atoms in total. The summed E-state index contributed by atoms with van der Waals surface area (Å²) in [4.78, 5) is 19.8. The van der Waals surface area contributed by atoms with Gasteiger partial charge in [-0.05, 0) is 29.6 Å². The molecule has 1 aliphatic heterocycles. The van der Waals surface area contributed by atoms with Gasteiger partial charge in [-0.15, -0.1) is 11.3 Å². The number of hydrogen-bond acceptors (Lipinski definition) is 7. The van der Waals surface area contributed by atoms with Gasteiger partial charge in [0.1, 0.15) is 5.75 Å². The van der Waals surface area contributed by atoms with Crippen molar-refractivity contribution in [3.63, 3.8) is 0 Å². The number of benzene rings is 1. The minimum absolute atomic E-state index is 0.126. The van der Waals surface area contributed by atoms with Crippen molar-refractivity contribution >= 4 is 34.5 Å². The third kappa shape index (κ3) is 3.97. The lowest BCUT2D eigenvalue weighted by Gasteiger charge is -2.36. The van der Waals surface area contributed by atoms with E-state index in [-0.39, 0.29) is 18.4 Å². The van der Waals surface area contributed by atoms with Crippen LogP contribution in [-0.4, -0.2) is 47.7 Å². The van der Waals surface area contributed by atoms with Gasteiger partial charge in [0.2, 0.25) is 17.6 Å². The second-order valence-electron chi connectivity index (χ2n) is 6.22. The normalized spacial score (nSPS) is 14.7. The van der Waals surface area contributed by atoms with Crippen LogP contribution >= 0.6 is 22.9 Å². The average Bonchev–Trinajstić information content (AvgIpc) is 3.29. The number of amides is 1. The van der Waals surface area contributed by atoms with E-state index in [1.54, 1.807) is 36.6 Å². The number of thiophene rings is 1. The summed E-state index contributed by atoms with van der Waals surface area (Å²) in [5, 5.41) is 9.38. The van der Waals surface area contributed by atoms with Crippen molar-refractivity contribution in [1.29, 1.82) is 0 Å². The first kappa shape index (κ1) is 18.0. The maximum atomic E-state index is 12.3.